The lowest BCUT2D eigenvalue weighted by molar-refractivity contribution is -0.114. The maximum atomic E-state index is 11.4. The second kappa shape index (κ2) is 8.12. The van der Waals surface area contributed by atoms with Crippen molar-refractivity contribution in [3.8, 4) is 5.69 Å². The number of amides is 1. The fourth-order valence-electron chi connectivity index (χ4n) is 2.99. The van der Waals surface area contributed by atoms with Gasteiger partial charge in [-0.05, 0) is 41.8 Å². The highest BCUT2D eigenvalue weighted by Crippen LogP contribution is 2.31. The number of rotatable bonds is 6. The number of nitrogens with zero attached hydrogens (tertiary/aromatic N) is 5. The first-order valence-corrected chi connectivity index (χ1v) is 9.00. The van der Waals surface area contributed by atoms with E-state index in [0.717, 1.165) is 34.5 Å². The van der Waals surface area contributed by atoms with Gasteiger partial charge in [0.2, 0.25) is 5.91 Å². The fraction of sp³-hybridized carbons (Fsp3) is 0.263. The van der Waals surface area contributed by atoms with Crippen LogP contribution in [0, 0.1) is 0 Å². The average molecular weight is 383 g/mol. The molecule has 7 nitrogen and oxygen atoms in total. The highest BCUT2D eigenvalue weighted by Gasteiger charge is 2.14. The van der Waals surface area contributed by atoms with Crippen molar-refractivity contribution < 1.29 is 4.79 Å². The summed E-state index contributed by atoms with van der Waals surface area (Å²) in [5, 5.41) is 6.76. The van der Waals surface area contributed by atoms with Crippen LogP contribution in [0.2, 0.25) is 5.02 Å². The molecular weight excluding hydrogens is 364 g/mol. The molecule has 0 radical (unpaired) electrons. The smallest absolute Gasteiger partial charge is 0.221 e. The van der Waals surface area contributed by atoms with Crippen LogP contribution < -0.4 is 5.32 Å². The van der Waals surface area contributed by atoms with E-state index in [0.29, 0.717) is 23.7 Å². The van der Waals surface area contributed by atoms with Crippen LogP contribution >= 0.6 is 11.6 Å². The van der Waals surface area contributed by atoms with Crippen LogP contribution in [0.4, 0.5) is 5.69 Å². The first kappa shape index (κ1) is 18.8. The third-order valence-electron chi connectivity index (χ3n) is 4.20. The number of halogens is 1. The molecule has 0 unspecified atom stereocenters. The number of azide groups is 1. The SMILES string of the molecule is CCc1nc2cc(NC(C)=O)c(Cl)cc2n1-c1ccc(CCN=[N+]=[N-])cc1. The van der Waals surface area contributed by atoms with E-state index in [1.54, 1.807) is 6.07 Å². The van der Waals surface area contributed by atoms with Crippen LogP contribution in [0.15, 0.2) is 41.5 Å². The van der Waals surface area contributed by atoms with Gasteiger partial charge in [0.25, 0.3) is 0 Å². The first-order valence-electron chi connectivity index (χ1n) is 8.62. The number of hydrogen-bond donors (Lipinski definition) is 1. The quantitative estimate of drug-likeness (QED) is 0.366. The van der Waals surface area contributed by atoms with Crippen LogP contribution in [0.1, 0.15) is 25.2 Å². The summed E-state index contributed by atoms with van der Waals surface area (Å²) in [6.45, 7) is 3.92. The van der Waals surface area contributed by atoms with Crippen molar-refractivity contribution in [2.45, 2.75) is 26.7 Å². The predicted molar refractivity (Wildman–Crippen MR) is 107 cm³/mol. The highest BCUT2D eigenvalue weighted by atomic mass is 35.5. The molecule has 27 heavy (non-hydrogen) atoms. The molecule has 1 heterocycles. The Morgan fingerprint density at radius 1 is 1.33 bits per heavy atom. The third kappa shape index (κ3) is 4.05. The Hall–Kier alpha value is -3.02. The molecule has 0 aliphatic heterocycles. The number of aryl methyl sites for hydroxylation is 1. The van der Waals surface area contributed by atoms with Crippen LogP contribution in [-0.2, 0) is 17.6 Å². The number of anilines is 1. The number of hydrogen-bond acceptors (Lipinski definition) is 3. The number of carbonyl (C=O) groups excluding carboxylic acids is 1. The van der Waals surface area contributed by atoms with Crippen molar-refractivity contribution in [1.82, 2.24) is 9.55 Å². The van der Waals surface area contributed by atoms with Crippen LogP contribution in [0.5, 0.6) is 0 Å². The molecule has 0 aliphatic carbocycles. The van der Waals surface area contributed by atoms with Gasteiger partial charge in [-0.25, -0.2) is 4.98 Å². The van der Waals surface area contributed by atoms with Gasteiger partial charge in [0.1, 0.15) is 5.82 Å². The molecule has 2 aromatic carbocycles. The molecule has 0 spiro atoms. The maximum Gasteiger partial charge on any atom is 0.221 e. The van der Waals surface area contributed by atoms with Gasteiger partial charge in [0.05, 0.1) is 21.7 Å². The Balaban J connectivity index is 2.03. The van der Waals surface area contributed by atoms with Gasteiger partial charge in [-0.15, -0.1) is 0 Å². The molecule has 1 amide bonds. The van der Waals surface area contributed by atoms with Crippen molar-refractivity contribution in [2.75, 3.05) is 11.9 Å². The van der Waals surface area contributed by atoms with E-state index >= 15 is 0 Å². The normalized spacial score (nSPS) is 10.6. The number of nitrogens with one attached hydrogen (secondary N) is 1. The van der Waals surface area contributed by atoms with Crippen LogP contribution in [-0.4, -0.2) is 22.0 Å². The van der Waals surface area contributed by atoms with Gasteiger partial charge in [-0.2, -0.15) is 0 Å². The summed E-state index contributed by atoms with van der Waals surface area (Å²) in [6.07, 6.45) is 1.45. The van der Waals surface area contributed by atoms with E-state index < -0.39 is 0 Å². The summed E-state index contributed by atoms with van der Waals surface area (Å²) < 4.78 is 2.07. The van der Waals surface area contributed by atoms with E-state index in [4.69, 9.17) is 22.1 Å². The van der Waals surface area contributed by atoms with Gasteiger partial charge in [0, 0.05) is 30.5 Å². The average Bonchev–Trinajstić information content (AvgIpc) is 3.00. The minimum Gasteiger partial charge on any atom is -0.325 e. The standard InChI is InChI=1S/C19H19ClN6O/c1-3-19-24-17-11-16(23-12(2)27)15(20)10-18(17)26(19)14-6-4-13(5-7-14)8-9-22-25-21/h4-7,10-11H,3,8-9H2,1-2H3,(H,23,27). The summed E-state index contributed by atoms with van der Waals surface area (Å²) >= 11 is 6.36. The lowest BCUT2D eigenvalue weighted by Crippen LogP contribution is -2.06. The molecule has 0 saturated carbocycles. The molecule has 138 valence electrons. The summed E-state index contributed by atoms with van der Waals surface area (Å²) in [5.41, 5.74) is 12.7. The zero-order chi connectivity index (χ0) is 19.4. The molecule has 1 N–H and O–H groups in total. The Kier molecular flexibility index (Phi) is 5.64. The van der Waals surface area contributed by atoms with Gasteiger partial charge in [0.15, 0.2) is 0 Å². The molecule has 3 aromatic rings. The maximum absolute atomic E-state index is 11.4. The monoisotopic (exact) mass is 382 g/mol. The van der Waals surface area contributed by atoms with E-state index in [2.05, 4.69) is 19.9 Å². The Morgan fingerprint density at radius 3 is 2.70 bits per heavy atom. The Bertz CT molecular complexity index is 1030. The molecule has 0 saturated heterocycles. The van der Waals surface area contributed by atoms with Crippen molar-refractivity contribution in [3.05, 3.63) is 63.3 Å². The minimum atomic E-state index is -0.178. The number of fused-ring (bicyclic) bond motifs is 1. The highest BCUT2D eigenvalue weighted by molar-refractivity contribution is 6.34. The summed E-state index contributed by atoms with van der Waals surface area (Å²) in [7, 11) is 0. The zero-order valence-corrected chi connectivity index (χ0v) is 15.9. The number of carbonyl (C=O) groups is 1. The van der Waals surface area contributed by atoms with Crippen molar-refractivity contribution in [2.24, 2.45) is 5.11 Å². The summed E-state index contributed by atoms with van der Waals surface area (Å²) in [4.78, 5) is 18.8. The molecule has 8 heteroatoms. The Morgan fingerprint density at radius 2 is 2.07 bits per heavy atom. The van der Waals surface area contributed by atoms with Crippen molar-refractivity contribution in [1.29, 1.82) is 0 Å². The summed E-state index contributed by atoms with van der Waals surface area (Å²) in [5.74, 6) is 0.727. The first-order chi connectivity index (χ1) is 13.0. The lowest BCUT2D eigenvalue weighted by atomic mass is 10.1. The van der Waals surface area contributed by atoms with Gasteiger partial charge in [-0.1, -0.05) is 35.8 Å². The molecule has 0 aliphatic rings. The number of aromatic nitrogens is 2. The second-order valence-corrected chi connectivity index (χ2v) is 6.50. The Labute approximate surface area is 161 Å². The summed E-state index contributed by atoms with van der Waals surface area (Å²) in [6, 6.07) is 11.7. The molecule has 0 atom stereocenters. The molecule has 1 aromatic heterocycles. The number of benzene rings is 2. The van der Waals surface area contributed by atoms with Gasteiger partial charge < -0.3 is 5.32 Å². The molecule has 0 fully saturated rings. The van der Waals surface area contributed by atoms with Gasteiger partial charge in [-0.3, -0.25) is 9.36 Å². The third-order valence-corrected chi connectivity index (χ3v) is 4.51. The van der Waals surface area contributed by atoms with Crippen molar-refractivity contribution in [3.63, 3.8) is 0 Å². The zero-order valence-electron chi connectivity index (χ0n) is 15.1. The van der Waals surface area contributed by atoms with Crippen LogP contribution in [0.25, 0.3) is 27.2 Å². The lowest BCUT2D eigenvalue weighted by Gasteiger charge is -2.10. The largest absolute Gasteiger partial charge is 0.325 e. The van der Waals surface area contributed by atoms with E-state index in [-0.39, 0.29) is 5.91 Å². The minimum absolute atomic E-state index is 0.178. The molecule has 0 bridgehead atoms. The molecule has 3 rings (SSSR count). The van der Waals surface area contributed by atoms with Crippen LogP contribution in [0.3, 0.4) is 0 Å². The predicted octanol–water partition coefficient (Wildman–Crippen LogP) is 5.05. The van der Waals surface area contributed by atoms with E-state index in [1.807, 2.05) is 37.3 Å². The molecular formula is C19H19ClN6O. The second-order valence-electron chi connectivity index (χ2n) is 6.09. The van der Waals surface area contributed by atoms with E-state index in [9.17, 15) is 4.79 Å². The fourth-order valence-corrected chi connectivity index (χ4v) is 3.20. The number of imidazole rings is 1. The topological polar surface area (TPSA) is 95.7 Å². The van der Waals surface area contributed by atoms with Gasteiger partial charge >= 0.3 is 0 Å². The van der Waals surface area contributed by atoms with Crippen molar-refractivity contribution >= 4 is 34.2 Å². The van der Waals surface area contributed by atoms with E-state index in [1.165, 1.54) is 6.92 Å².